The summed E-state index contributed by atoms with van der Waals surface area (Å²) in [5, 5.41) is 9.55. The van der Waals surface area contributed by atoms with Crippen LogP contribution in [0.1, 0.15) is 28.4 Å². The molecule has 1 amide bonds. The van der Waals surface area contributed by atoms with Crippen LogP contribution in [-0.4, -0.2) is 32.7 Å². The molecule has 0 aliphatic carbocycles. The Kier molecular flexibility index (Phi) is 6.85. The van der Waals surface area contributed by atoms with E-state index in [-0.39, 0.29) is 18.1 Å². The zero-order chi connectivity index (χ0) is 21.1. The van der Waals surface area contributed by atoms with Gasteiger partial charge in [-0.15, -0.1) is 0 Å². The van der Waals surface area contributed by atoms with Crippen molar-refractivity contribution in [3.8, 4) is 5.75 Å². The highest BCUT2D eigenvalue weighted by Crippen LogP contribution is 2.37. The van der Waals surface area contributed by atoms with Gasteiger partial charge < -0.3 is 9.84 Å². The van der Waals surface area contributed by atoms with Crippen LogP contribution in [-0.2, 0) is 11.4 Å². The molecule has 0 aromatic heterocycles. The summed E-state index contributed by atoms with van der Waals surface area (Å²) in [4.78, 5) is 25.3. The highest BCUT2D eigenvalue weighted by Gasteiger charge is 2.30. The van der Waals surface area contributed by atoms with Crippen LogP contribution in [0, 0.1) is 0 Å². The van der Waals surface area contributed by atoms with Crippen molar-refractivity contribution >= 4 is 69.5 Å². The van der Waals surface area contributed by atoms with Crippen molar-refractivity contribution in [3.05, 3.63) is 68.0 Å². The van der Waals surface area contributed by atoms with Crippen molar-refractivity contribution in [1.82, 2.24) is 4.90 Å². The average molecular weight is 468 g/mol. The molecule has 150 valence electrons. The van der Waals surface area contributed by atoms with E-state index < -0.39 is 5.97 Å². The zero-order valence-electron chi connectivity index (χ0n) is 15.1. The normalized spacial score (nSPS) is 15.3. The number of ether oxygens (including phenoxy) is 1. The van der Waals surface area contributed by atoms with Crippen LogP contribution in [0.25, 0.3) is 6.08 Å². The molecule has 0 spiro atoms. The van der Waals surface area contributed by atoms with Gasteiger partial charge in [0.2, 0.25) is 0 Å². The lowest BCUT2D eigenvalue weighted by atomic mass is 10.1. The Balaban J connectivity index is 1.76. The van der Waals surface area contributed by atoms with E-state index in [0.717, 1.165) is 5.56 Å². The molecule has 29 heavy (non-hydrogen) atoms. The monoisotopic (exact) mass is 467 g/mol. The topological polar surface area (TPSA) is 66.8 Å². The number of nitrogens with zero attached hydrogens (tertiary/aromatic N) is 1. The number of carbonyl (C=O) groups is 2. The number of hydrogen-bond donors (Lipinski definition) is 1. The van der Waals surface area contributed by atoms with Crippen LogP contribution in [0.5, 0.6) is 5.75 Å². The minimum atomic E-state index is -0.991. The molecule has 2 aromatic rings. The second-order valence-electron chi connectivity index (χ2n) is 6.03. The Morgan fingerprint density at radius 3 is 2.38 bits per heavy atom. The standard InChI is InChI=1S/C20H15Cl2NO4S2/c1-2-23-18(24)16(29-20(23)28)9-12-7-14(21)17(15(22)8-12)27-10-11-3-5-13(6-4-11)19(25)26/h3-9H,2,10H2,1H3,(H,25,26)/b16-9-. The predicted octanol–water partition coefficient (Wildman–Crippen LogP) is 5.49. The molecule has 1 heterocycles. The molecule has 9 heteroatoms. The average Bonchev–Trinajstić information content (AvgIpc) is 2.94. The fraction of sp³-hybridized carbons (Fsp3) is 0.150. The maximum Gasteiger partial charge on any atom is 0.335 e. The van der Waals surface area contributed by atoms with Crippen LogP contribution in [0.15, 0.2) is 41.3 Å². The van der Waals surface area contributed by atoms with E-state index >= 15 is 0 Å². The molecule has 0 saturated carbocycles. The van der Waals surface area contributed by atoms with Gasteiger partial charge in [0.1, 0.15) is 10.9 Å². The first kappa shape index (κ1) is 21.6. The summed E-state index contributed by atoms with van der Waals surface area (Å²) in [5.41, 5.74) is 1.63. The third-order valence-corrected chi connectivity index (χ3v) is 6.03. The number of amides is 1. The van der Waals surface area contributed by atoms with Gasteiger partial charge in [-0.2, -0.15) is 0 Å². The molecule has 0 atom stereocenters. The summed E-state index contributed by atoms with van der Waals surface area (Å²) >= 11 is 19.1. The fourth-order valence-corrected chi connectivity index (χ4v) is 4.62. The summed E-state index contributed by atoms with van der Waals surface area (Å²) in [6, 6.07) is 9.65. The zero-order valence-corrected chi connectivity index (χ0v) is 18.3. The Bertz CT molecular complexity index is 999. The molecule has 5 nitrogen and oxygen atoms in total. The number of benzene rings is 2. The highest BCUT2D eigenvalue weighted by molar-refractivity contribution is 8.26. The number of carboxylic acid groups (broad SMARTS) is 1. The van der Waals surface area contributed by atoms with Crippen molar-refractivity contribution < 1.29 is 19.4 Å². The molecular formula is C20H15Cl2NO4S2. The van der Waals surface area contributed by atoms with Gasteiger partial charge >= 0.3 is 5.97 Å². The lowest BCUT2D eigenvalue weighted by Crippen LogP contribution is -2.27. The Morgan fingerprint density at radius 1 is 1.24 bits per heavy atom. The van der Waals surface area contributed by atoms with Gasteiger partial charge in [-0.05, 0) is 48.4 Å². The molecule has 1 saturated heterocycles. The van der Waals surface area contributed by atoms with E-state index in [1.807, 2.05) is 6.92 Å². The van der Waals surface area contributed by atoms with Crippen LogP contribution in [0.3, 0.4) is 0 Å². The van der Waals surface area contributed by atoms with E-state index in [0.29, 0.717) is 37.1 Å². The summed E-state index contributed by atoms with van der Waals surface area (Å²) in [5.74, 6) is -0.816. The number of thioether (sulfide) groups is 1. The highest BCUT2D eigenvalue weighted by atomic mass is 35.5. The van der Waals surface area contributed by atoms with Crippen molar-refractivity contribution in [3.63, 3.8) is 0 Å². The fourth-order valence-electron chi connectivity index (χ4n) is 2.62. The van der Waals surface area contributed by atoms with Gasteiger partial charge in [-0.25, -0.2) is 4.79 Å². The molecule has 0 radical (unpaired) electrons. The van der Waals surface area contributed by atoms with Crippen LogP contribution >= 0.6 is 47.2 Å². The van der Waals surface area contributed by atoms with Crippen molar-refractivity contribution in [2.75, 3.05) is 6.54 Å². The lowest BCUT2D eigenvalue weighted by molar-refractivity contribution is -0.121. The summed E-state index contributed by atoms with van der Waals surface area (Å²) in [6.07, 6.45) is 1.70. The van der Waals surface area contributed by atoms with Gasteiger partial charge in [0, 0.05) is 6.54 Å². The summed E-state index contributed by atoms with van der Waals surface area (Å²) < 4.78 is 6.24. The quantitative estimate of drug-likeness (QED) is 0.447. The van der Waals surface area contributed by atoms with E-state index in [4.69, 9.17) is 45.3 Å². The van der Waals surface area contributed by atoms with E-state index in [1.165, 1.54) is 28.8 Å². The number of thiocarbonyl (C=S) groups is 1. The molecule has 1 aliphatic heterocycles. The van der Waals surface area contributed by atoms with Crippen molar-refractivity contribution in [1.29, 1.82) is 0 Å². The molecule has 1 N–H and O–H groups in total. The van der Waals surface area contributed by atoms with E-state index in [1.54, 1.807) is 30.3 Å². The first-order valence-electron chi connectivity index (χ1n) is 8.49. The Hall–Kier alpha value is -2.06. The van der Waals surface area contributed by atoms with E-state index in [9.17, 15) is 9.59 Å². The number of carboxylic acids is 1. The van der Waals surface area contributed by atoms with Crippen LogP contribution in [0.4, 0.5) is 0 Å². The first-order valence-corrected chi connectivity index (χ1v) is 10.5. The second kappa shape index (κ2) is 9.17. The van der Waals surface area contributed by atoms with Gasteiger partial charge in [0.25, 0.3) is 5.91 Å². The van der Waals surface area contributed by atoms with Gasteiger partial charge in [0.15, 0.2) is 5.75 Å². The third kappa shape index (κ3) is 4.93. The second-order valence-corrected chi connectivity index (χ2v) is 8.52. The number of hydrogen-bond acceptors (Lipinski definition) is 5. The summed E-state index contributed by atoms with van der Waals surface area (Å²) in [7, 11) is 0. The molecule has 0 unspecified atom stereocenters. The SMILES string of the molecule is CCN1C(=O)/C(=C/c2cc(Cl)c(OCc3ccc(C(=O)O)cc3)c(Cl)c2)SC1=S. The van der Waals surface area contributed by atoms with Crippen LogP contribution in [0.2, 0.25) is 10.0 Å². The molecular weight excluding hydrogens is 453 g/mol. The maximum atomic E-state index is 12.3. The summed E-state index contributed by atoms with van der Waals surface area (Å²) in [6.45, 7) is 2.56. The number of likely N-dealkylation sites (N-methyl/N-ethyl adjacent to an activating group) is 1. The van der Waals surface area contributed by atoms with Crippen molar-refractivity contribution in [2.45, 2.75) is 13.5 Å². The number of aromatic carboxylic acids is 1. The molecule has 3 rings (SSSR count). The number of carbonyl (C=O) groups excluding carboxylic acids is 1. The Morgan fingerprint density at radius 2 is 1.86 bits per heavy atom. The smallest absolute Gasteiger partial charge is 0.335 e. The minimum Gasteiger partial charge on any atom is -0.486 e. The minimum absolute atomic E-state index is 0.139. The lowest BCUT2D eigenvalue weighted by Gasteiger charge is -2.11. The largest absolute Gasteiger partial charge is 0.486 e. The molecule has 1 fully saturated rings. The van der Waals surface area contributed by atoms with Gasteiger partial charge in [-0.3, -0.25) is 9.69 Å². The first-order chi connectivity index (χ1) is 13.8. The molecule has 1 aliphatic rings. The van der Waals surface area contributed by atoms with Crippen molar-refractivity contribution in [2.24, 2.45) is 0 Å². The third-order valence-electron chi connectivity index (χ3n) is 4.09. The predicted molar refractivity (Wildman–Crippen MR) is 120 cm³/mol. The Labute approximate surface area is 187 Å². The number of rotatable bonds is 6. The van der Waals surface area contributed by atoms with Gasteiger partial charge in [-0.1, -0.05) is 59.3 Å². The molecule has 0 bridgehead atoms. The van der Waals surface area contributed by atoms with E-state index in [2.05, 4.69) is 0 Å². The van der Waals surface area contributed by atoms with Crippen LogP contribution < -0.4 is 4.74 Å². The number of halogens is 2. The molecule has 2 aromatic carbocycles. The maximum absolute atomic E-state index is 12.3. The van der Waals surface area contributed by atoms with Gasteiger partial charge in [0.05, 0.1) is 20.5 Å².